The molecule has 1 aromatic heterocycles. The summed E-state index contributed by atoms with van der Waals surface area (Å²) in [7, 11) is 1.69. The Morgan fingerprint density at radius 3 is 2.71 bits per heavy atom. The summed E-state index contributed by atoms with van der Waals surface area (Å²) >= 11 is 9.08. The highest BCUT2D eigenvalue weighted by Gasteiger charge is 2.12. The van der Waals surface area contributed by atoms with Gasteiger partial charge in [0.2, 0.25) is 0 Å². The number of aromatic nitrogens is 1. The van der Waals surface area contributed by atoms with Crippen LogP contribution in [0.2, 0.25) is 5.02 Å². The van der Waals surface area contributed by atoms with Crippen LogP contribution in [0.25, 0.3) is 0 Å². The zero-order valence-corrected chi connectivity index (χ0v) is 13.6. The molecule has 0 aliphatic rings. The second-order valence-corrected chi connectivity index (χ2v) is 5.60. The molecule has 0 aliphatic carbocycles. The molecule has 2 rings (SSSR count). The first-order valence-electron chi connectivity index (χ1n) is 6.02. The lowest BCUT2D eigenvalue weighted by atomic mass is 10.2. The topological polar surface area (TPSA) is 54.0 Å². The van der Waals surface area contributed by atoms with Crippen LogP contribution in [0.3, 0.4) is 0 Å². The molecule has 1 heterocycles. The van der Waals surface area contributed by atoms with E-state index >= 15 is 0 Å². The number of hydrogen-bond acceptors (Lipinski definition) is 3. The number of benzene rings is 1. The number of rotatable bonds is 3. The molecule has 1 aromatic carbocycles. The molecule has 0 unspecified atom stereocenters. The van der Waals surface area contributed by atoms with E-state index in [4.69, 9.17) is 11.6 Å². The Morgan fingerprint density at radius 2 is 2.10 bits per heavy atom. The number of carbonyl (C=O) groups is 1. The number of pyridine rings is 1. The first-order chi connectivity index (χ1) is 9.92. The van der Waals surface area contributed by atoms with Crippen LogP contribution in [-0.2, 0) is 0 Å². The summed E-state index contributed by atoms with van der Waals surface area (Å²) in [5.41, 5.74) is 1.45. The summed E-state index contributed by atoms with van der Waals surface area (Å²) in [6.45, 7) is 1.71. The zero-order chi connectivity index (χ0) is 15.6. The maximum absolute atomic E-state index is 13.4. The quantitative estimate of drug-likeness (QED) is 0.847. The van der Waals surface area contributed by atoms with Crippen molar-refractivity contribution in [3.63, 3.8) is 0 Å². The number of amides is 1. The fourth-order valence-corrected chi connectivity index (χ4v) is 2.33. The van der Waals surface area contributed by atoms with Gasteiger partial charge >= 0.3 is 0 Å². The lowest BCUT2D eigenvalue weighted by Crippen LogP contribution is -2.13. The number of anilines is 2. The molecule has 0 radical (unpaired) electrons. The second-order valence-electron chi connectivity index (χ2n) is 4.34. The van der Waals surface area contributed by atoms with E-state index in [9.17, 15) is 9.18 Å². The van der Waals surface area contributed by atoms with Crippen molar-refractivity contribution < 1.29 is 9.18 Å². The standard InChI is InChI=1S/C14H12BrClFN3O/c1-7-3-11(17)9(15)5-12(7)20-14(21)8-4-10(16)13(18-2)19-6-8/h3-6H,1-2H3,(H,18,19)(H,20,21). The van der Waals surface area contributed by atoms with Gasteiger partial charge in [0.25, 0.3) is 5.91 Å². The third-order valence-electron chi connectivity index (χ3n) is 2.86. The number of nitrogens with one attached hydrogen (secondary N) is 2. The van der Waals surface area contributed by atoms with Gasteiger partial charge in [0.1, 0.15) is 11.6 Å². The summed E-state index contributed by atoms with van der Waals surface area (Å²) < 4.78 is 13.6. The average molecular weight is 373 g/mol. The van der Waals surface area contributed by atoms with Crippen LogP contribution in [0.5, 0.6) is 0 Å². The summed E-state index contributed by atoms with van der Waals surface area (Å²) in [6, 6.07) is 4.37. The number of aryl methyl sites for hydroxylation is 1. The minimum absolute atomic E-state index is 0.282. The number of carbonyl (C=O) groups excluding carboxylic acids is 1. The van der Waals surface area contributed by atoms with Crippen molar-refractivity contribution in [2.75, 3.05) is 17.7 Å². The van der Waals surface area contributed by atoms with E-state index in [-0.39, 0.29) is 16.2 Å². The minimum Gasteiger partial charge on any atom is -0.372 e. The molecule has 2 aromatic rings. The fourth-order valence-electron chi connectivity index (χ4n) is 1.72. The Labute approximate surface area is 134 Å². The van der Waals surface area contributed by atoms with Crippen molar-refractivity contribution in [3.8, 4) is 0 Å². The van der Waals surface area contributed by atoms with Crippen LogP contribution in [0.1, 0.15) is 15.9 Å². The minimum atomic E-state index is -0.381. The van der Waals surface area contributed by atoms with E-state index in [1.807, 2.05) is 0 Å². The third-order valence-corrected chi connectivity index (χ3v) is 3.75. The molecule has 2 N–H and O–H groups in total. The number of hydrogen-bond donors (Lipinski definition) is 2. The van der Waals surface area contributed by atoms with Gasteiger partial charge in [-0.05, 0) is 46.6 Å². The maximum atomic E-state index is 13.4. The van der Waals surface area contributed by atoms with Gasteiger partial charge in [0.05, 0.1) is 15.1 Å². The molecular formula is C14H12BrClFN3O. The molecule has 0 saturated carbocycles. The van der Waals surface area contributed by atoms with Crippen molar-refractivity contribution in [2.45, 2.75) is 6.92 Å². The highest BCUT2D eigenvalue weighted by molar-refractivity contribution is 9.10. The van der Waals surface area contributed by atoms with Crippen LogP contribution >= 0.6 is 27.5 Å². The lowest BCUT2D eigenvalue weighted by molar-refractivity contribution is 0.102. The van der Waals surface area contributed by atoms with Crippen LogP contribution in [0.4, 0.5) is 15.9 Å². The SMILES string of the molecule is CNc1ncc(C(=O)Nc2cc(Br)c(F)cc2C)cc1Cl. The summed E-state index contributed by atoms with van der Waals surface area (Å²) in [4.78, 5) is 16.2. The van der Waals surface area contributed by atoms with Crippen LogP contribution in [-0.4, -0.2) is 17.9 Å². The van der Waals surface area contributed by atoms with Gasteiger partial charge in [-0.15, -0.1) is 0 Å². The van der Waals surface area contributed by atoms with Crippen molar-refractivity contribution in [1.29, 1.82) is 0 Å². The first kappa shape index (κ1) is 15.7. The predicted molar refractivity (Wildman–Crippen MR) is 85.6 cm³/mol. The van der Waals surface area contributed by atoms with Crippen molar-refractivity contribution in [2.24, 2.45) is 0 Å². The Hall–Kier alpha value is -1.66. The smallest absolute Gasteiger partial charge is 0.257 e. The van der Waals surface area contributed by atoms with E-state index in [0.29, 0.717) is 27.7 Å². The van der Waals surface area contributed by atoms with E-state index < -0.39 is 0 Å². The molecule has 0 spiro atoms. The largest absolute Gasteiger partial charge is 0.372 e. The molecule has 0 saturated heterocycles. The highest BCUT2D eigenvalue weighted by atomic mass is 79.9. The van der Waals surface area contributed by atoms with E-state index in [1.165, 1.54) is 24.4 Å². The molecular weight excluding hydrogens is 361 g/mol. The monoisotopic (exact) mass is 371 g/mol. The van der Waals surface area contributed by atoms with Crippen LogP contribution < -0.4 is 10.6 Å². The molecule has 110 valence electrons. The molecule has 7 heteroatoms. The summed E-state index contributed by atoms with van der Waals surface area (Å²) in [5.74, 6) is -0.254. The maximum Gasteiger partial charge on any atom is 0.257 e. The molecule has 21 heavy (non-hydrogen) atoms. The highest BCUT2D eigenvalue weighted by Crippen LogP contribution is 2.25. The van der Waals surface area contributed by atoms with E-state index in [2.05, 4.69) is 31.5 Å². The summed E-state index contributed by atoms with van der Waals surface area (Å²) in [6.07, 6.45) is 1.42. The molecule has 4 nitrogen and oxygen atoms in total. The Balaban J connectivity index is 2.26. The van der Waals surface area contributed by atoms with Crippen molar-refractivity contribution in [3.05, 3.63) is 50.8 Å². The van der Waals surface area contributed by atoms with Gasteiger partial charge in [-0.2, -0.15) is 0 Å². The number of halogens is 3. The van der Waals surface area contributed by atoms with Gasteiger partial charge in [-0.1, -0.05) is 11.6 Å². The predicted octanol–water partition coefficient (Wildman–Crippen LogP) is 4.24. The van der Waals surface area contributed by atoms with Crippen molar-refractivity contribution >= 4 is 44.9 Å². The second kappa shape index (κ2) is 6.41. The van der Waals surface area contributed by atoms with Gasteiger partial charge < -0.3 is 10.6 Å². The van der Waals surface area contributed by atoms with Crippen molar-refractivity contribution in [1.82, 2.24) is 4.98 Å². The summed E-state index contributed by atoms with van der Waals surface area (Å²) in [5, 5.41) is 5.87. The normalized spacial score (nSPS) is 10.3. The lowest BCUT2D eigenvalue weighted by Gasteiger charge is -2.10. The fraction of sp³-hybridized carbons (Fsp3) is 0.143. The first-order valence-corrected chi connectivity index (χ1v) is 7.19. The molecule has 0 fully saturated rings. The van der Waals surface area contributed by atoms with E-state index in [1.54, 1.807) is 14.0 Å². The van der Waals surface area contributed by atoms with Gasteiger partial charge in [0.15, 0.2) is 0 Å². The molecule has 0 aliphatic heterocycles. The average Bonchev–Trinajstić information content (AvgIpc) is 2.44. The van der Waals surface area contributed by atoms with Gasteiger partial charge in [0, 0.05) is 18.9 Å². The van der Waals surface area contributed by atoms with Gasteiger partial charge in [-0.25, -0.2) is 9.37 Å². The Morgan fingerprint density at radius 1 is 1.38 bits per heavy atom. The zero-order valence-electron chi connectivity index (χ0n) is 11.3. The number of nitrogens with zero attached hydrogens (tertiary/aromatic N) is 1. The van der Waals surface area contributed by atoms with E-state index in [0.717, 1.165) is 0 Å². The third kappa shape index (κ3) is 3.51. The van der Waals surface area contributed by atoms with Crippen LogP contribution in [0, 0.1) is 12.7 Å². The molecule has 1 amide bonds. The van der Waals surface area contributed by atoms with Gasteiger partial charge in [-0.3, -0.25) is 4.79 Å². The molecule has 0 bridgehead atoms. The Kier molecular flexibility index (Phi) is 4.80. The molecule has 0 atom stereocenters. The Bertz CT molecular complexity index is 709. The van der Waals surface area contributed by atoms with Crippen LogP contribution in [0.15, 0.2) is 28.9 Å².